The molecule has 36 heavy (non-hydrogen) atoms. The summed E-state index contributed by atoms with van der Waals surface area (Å²) in [6, 6.07) is 7.75. The highest BCUT2D eigenvalue weighted by molar-refractivity contribution is 6.30. The van der Waals surface area contributed by atoms with Crippen molar-refractivity contribution in [2.75, 3.05) is 77.0 Å². The fourth-order valence-electron chi connectivity index (χ4n) is 5.85. The number of hydrogen-bond acceptors (Lipinski definition) is 7. The van der Waals surface area contributed by atoms with Crippen LogP contribution in [0.5, 0.6) is 0 Å². The van der Waals surface area contributed by atoms with Crippen LogP contribution in [0.4, 0.5) is 5.82 Å². The maximum atomic E-state index is 13.9. The Morgan fingerprint density at radius 1 is 1.03 bits per heavy atom. The van der Waals surface area contributed by atoms with Gasteiger partial charge in [0.2, 0.25) is 5.91 Å². The third kappa shape index (κ3) is 5.52. The van der Waals surface area contributed by atoms with Crippen molar-refractivity contribution in [2.24, 2.45) is 0 Å². The maximum absolute atomic E-state index is 13.9. The number of halogens is 1. The van der Waals surface area contributed by atoms with E-state index in [1.165, 1.54) is 11.3 Å². The van der Waals surface area contributed by atoms with Gasteiger partial charge in [0.1, 0.15) is 12.1 Å². The van der Waals surface area contributed by atoms with Crippen molar-refractivity contribution in [1.82, 2.24) is 24.7 Å². The van der Waals surface area contributed by atoms with Crippen LogP contribution in [0.1, 0.15) is 42.0 Å². The summed E-state index contributed by atoms with van der Waals surface area (Å²) >= 11 is 6.16. The average molecular weight is 513 g/mol. The van der Waals surface area contributed by atoms with E-state index in [0.29, 0.717) is 37.1 Å². The van der Waals surface area contributed by atoms with Gasteiger partial charge in [-0.25, -0.2) is 9.97 Å². The van der Waals surface area contributed by atoms with Gasteiger partial charge in [-0.1, -0.05) is 30.7 Å². The number of piperazine rings is 2. The second kappa shape index (κ2) is 11.4. The fraction of sp³-hybridized carbons (Fsp3) is 0.593. The number of carbonyl (C=O) groups excluding carboxylic acids is 1. The highest BCUT2D eigenvalue weighted by atomic mass is 35.5. The number of rotatable bonds is 7. The Kier molecular flexibility index (Phi) is 8.06. The molecule has 8 nitrogen and oxygen atoms in total. The van der Waals surface area contributed by atoms with Crippen molar-refractivity contribution in [1.29, 1.82) is 0 Å². The first kappa shape index (κ1) is 25.4. The zero-order valence-corrected chi connectivity index (χ0v) is 21.9. The molecule has 9 heteroatoms. The summed E-state index contributed by atoms with van der Waals surface area (Å²) in [4.78, 5) is 32.1. The lowest BCUT2D eigenvalue weighted by molar-refractivity contribution is -0.133. The summed E-state index contributed by atoms with van der Waals surface area (Å²) in [5.41, 5.74) is 3.51. The summed E-state index contributed by atoms with van der Waals surface area (Å²) in [6.07, 6.45) is 3.86. The minimum Gasteiger partial charge on any atom is -0.395 e. The molecule has 2 aromatic rings. The zero-order valence-electron chi connectivity index (χ0n) is 21.2. The number of aliphatic hydroxyl groups is 1. The largest absolute Gasteiger partial charge is 0.395 e. The third-order valence-corrected chi connectivity index (χ3v) is 8.29. The van der Waals surface area contributed by atoms with Crippen molar-refractivity contribution < 1.29 is 9.90 Å². The normalized spacial score (nSPS) is 22.0. The SMILES string of the molecule is C[C@@H]1CCc2ncnc(N3CCN(C(=O)[C@H](CN4CCN(CCO)CC4)c4ccc(Cl)cc4)CC3)c21. The Morgan fingerprint density at radius 2 is 1.72 bits per heavy atom. The van der Waals surface area contributed by atoms with Crippen LogP contribution in [-0.4, -0.2) is 108 Å². The first-order valence-electron chi connectivity index (χ1n) is 13.2. The summed E-state index contributed by atoms with van der Waals surface area (Å²) in [5.74, 6) is 1.52. The van der Waals surface area contributed by atoms with Gasteiger partial charge in [-0.2, -0.15) is 0 Å². The lowest BCUT2D eigenvalue weighted by Crippen LogP contribution is -2.53. The summed E-state index contributed by atoms with van der Waals surface area (Å²) in [6.45, 7) is 10.5. The molecule has 0 spiro atoms. The van der Waals surface area contributed by atoms with E-state index in [9.17, 15) is 9.90 Å². The molecule has 194 valence electrons. The molecular weight excluding hydrogens is 476 g/mol. The van der Waals surface area contributed by atoms with Crippen LogP contribution >= 0.6 is 11.6 Å². The van der Waals surface area contributed by atoms with Gasteiger partial charge >= 0.3 is 0 Å². The van der Waals surface area contributed by atoms with Gasteiger partial charge < -0.3 is 14.9 Å². The number of β-amino-alcohol motifs (C(OH)–C–C–N with tert-alkyl or cyclic N) is 1. The number of amides is 1. The number of carbonyl (C=O) groups is 1. The van der Waals surface area contributed by atoms with Crippen molar-refractivity contribution in [2.45, 2.75) is 31.6 Å². The summed E-state index contributed by atoms with van der Waals surface area (Å²) in [5, 5.41) is 9.92. The summed E-state index contributed by atoms with van der Waals surface area (Å²) < 4.78 is 0. The van der Waals surface area contributed by atoms with E-state index in [1.807, 2.05) is 29.2 Å². The molecule has 0 saturated carbocycles. The van der Waals surface area contributed by atoms with E-state index < -0.39 is 0 Å². The van der Waals surface area contributed by atoms with Gasteiger partial charge in [-0.05, 0) is 36.5 Å². The fourth-order valence-corrected chi connectivity index (χ4v) is 5.98. The number of nitrogens with zero attached hydrogens (tertiary/aromatic N) is 6. The van der Waals surface area contributed by atoms with Crippen LogP contribution in [-0.2, 0) is 11.2 Å². The molecule has 3 heterocycles. The highest BCUT2D eigenvalue weighted by Gasteiger charge is 2.33. The van der Waals surface area contributed by atoms with Gasteiger partial charge in [0.25, 0.3) is 0 Å². The van der Waals surface area contributed by atoms with E-state index in [0.717, 1.165) is 63.5 Å². The Hall–Kier alpha value is -2.26. The molecule has 0 bridgehead atoms. The van der Waals surface area contributed by atoms with Crippen LogP contribution in [0.25, 0.3) is 0 Å². The molecule has 2 aliphatic heterocycles. The van der Waals surface area contributed by atoms with Crippen LogP contribution < -0.4 is 4.90 Å². The molecule has 2 fully saturated rings. The molecule has 2 saturated heterocycles. The minimum atomic E-state index is -0.221. The molecule has 1 aromatic heterocycles. The molecular formula is C27H37ClN6O2. The number of aromatic nitrogens is 2. The Morgan fingerprint density at radius 3 is 2.42 bits per heavy atom. The molecule has 3 aliphatic rings. The number of benzene rings is 1. The van der Waals surface area contributed by atoms with Crippen LogP contribution in [0.3, 0.4) is 0 Å². The molecule has 1 aromatic carbocycles. The first-order chi connectivity index (χ1) is 17.5. The molecule has 5 rings (SSSR count). The van der Waals surface area contributed by atoms with Crippen molar-refractivity contribution >= 4 is 23.3 Å². The highest BCUT2D eigenvalue weighted by Crippen LogP contribution is 2.37. The van der Waals surface area contributed by atoms with E-state index in [1.54, 1.807) is 6.33 Å². The number of fused-ring (bicyclic) bond motifs is 1. The molecule has 1 aliphatic carbocycles. The van der Waals surface area contributed by atoms with Gasteiger partial charge in [-0.3, -0.25) is 14.6 Å². The first-order valence-corrected chi connectivity index (χ1v) is 13.6. The quantitative estimate of drug-likeness (QED) is 0.609. The van der Waals surface area contributed by atoms with Crippen molar-refractivity contribution in [3.63, 3.8) is 0 Å². The van der Waals surface area contributed by atoms with Crippen LogP contribution in [0.15, 0.2) is 30.6 Å². The van der Waals surface area contributed by atoms with E-state index in [-0.39, 0.29) is 18.4 Å². The van der Waals surface area contributed by atoms with Crippen molar-refractivity contribution in [3.05, 3.63) is 52.4 Å². The number of aliphatic hydroxyl groups excluding tert-OH is 1. The standard InChI is InChI=1S/C27H37ClN6O2/c1-20-2-7-24-25(20)26(30-19-29-24)33-12-14-34(15-13-33)27(36)23(21-3-5-22(28)6-4-21)18-32-10-8-31(9-11-32)16-17-35/h3-6,19-20,23,35H,2,7-18H2,1H3/t20-,23-/m1/s1. The molecule has 1 N–H and O–H groups in total. The molecule has 0 unspecified atom stereocenters. The lowest BCUT2D eigenvalue weighted by atomic mass is 9.96. The molecule has 2 atom stereocenters. The topological polar surface area (TPSA) is 76.0 Å². The smallest absolute Gasteiger partial charge is 0.231 e. The van der Waals surface area contributed by atoms with Gasteiger partial charge in [-0.15, -0.1) is 0 Å². The second-order valence-electron chi connectivity index (χ2n) is 10.3. The Balaban J connectivity index is 1.26. The minimum absolute atomic E-state index is 0.189. The zero-order chi connectivity index (χ0) is 25.1. The van der Waals surface area contributed by atoms with Gasteiger partial charge in [0, 0.05) is 81.7 Å². The lowest BCUT2D eigenvalue weighted by Gasteiger charge is -2.40. The Labute approximate surface area is 218 Å². The van der Waals surface area contributed by atoms with Crippen LogP contribution in [0.2, 0.25) is 5.02 Å². The maximum Gasteiger partial charge on any atom is 0.231 e. The number of hydrogen-bond donors (Lipinski definition) is 1. The van der Waals surface area contributed by atoms with Gasteiger partial charge in [0.05, 0.1) is 12.5 Å². The predicted molar refractivity (Wildman–Crippen MR) is 142 cm³/mol. The summed E-state index contributed by atoms with van der Waals surface area (Å²) in [7, 11) is 0. The monoisotopic (exact) mass is 512 g/mol. The third-order valence-electron chi connectivity index (χ3n) is 8.04. The number of anilines is 1. The average Bonchev–Trinajstić information content (AvgIpc) is 3.30. The molecule has 1 amide bonds. The van der Waals surface area contributed by atoms with Gasteiger partial charge in [0.15, 0.2) is 0 Å². The van der Waals surface area contributed by atoms with Crippen LogP contribution in [0, 0.1) is 0 Å². The number of aryl methyl sites for hydroxylation is 1. The Bertz CT molecular complexity index is 1040. The second-order valence-corrected chi connectivity index (χ2v) is 10.7. The van der Waals surface area contributed by atoms with E-state index >= 15 is 0 Å². The molecule has 0 radical (unpaired) electrons. The van der Waals surface area contributed by atoms with E-state index in [2.05, 4.69) is 31.6 Å². The van der Waals surface area contributed by atoms with Crippen molar-refractivity contribution in [3.8, 4) is 0 Å². The predicted octanol–water partition coefficient (Wildman–Crippen LogP) is 2.22. The van der Waals surface area contributed by atoms with E-state index in [4.69, 9.17) is 11.6 Å².